The Hall–Kier alpha value is -3.75. The Kier molecular flexibility index (Phi) is 8.27. The van der Waals surface area contributed by atoms with Crippen LogP contribution in [0.5, 0.6) is 5.75 Å². The lowest BCUT2D eigenvalue weighted by Gasteiger charge is -2.35. The number of hydrogen-bond acceptors (Lipinski definition) is 7. The zero-order valence-electron chi connectivity index (χ0n) is 24.5. The number of aromatic nitrogens is 2. The van der Waals surface area contributed by atoms with Gasteiger partial charge in [-0.1, -0.05) is 37.3 Å². The largest absolute Gasteiger partial charge is 0.488 e. The molecule has 0 unspecified atom stereocenters. The van der Waals surface area contributed by atoms with E-state index in [1.54, 1.807) is 11.3 Å². The molecule has 0 amide bonds. The number of rotatable bonds is 8. The van der Waals surface area contributed by atoms with Crippen molar-refractivity contribution in [2.24, 2.45) is 11.8 Å². The Labute approximate surface area is 251 Å². The van der Waals surface area contributed by atoms with E-state index in [4.69, 9.17) is 9.72 Å². The lowest BCUT2D eigenvalue weighted by atomic mass is 9.87. The minimum Gasteiger partial charge on any atom is -0.488 e. The van der Waals surface area contributed by atoms with Gasteiger partial charge in [-0.3, -0.25) is 9.69 Å². The molecule has 2 aromatic carbocycles. The Morgan fingerprint density at radius 1 is 1.07 bits per heavy atom. The first-order valence-electron chi connectivity index (χ1n) is 14.8. The predicted octanol–water partition coefficient (Wildman–Crippen LogP) is 6.51. The molecule has 0 aliphatic carbocycles. The quantitative estimate of drug-likeness (QED) is 0.254. The van der Waals surface area contributed by atoms with Gasteiger partial charge in [-0.25, -0.2) is 9.97 Å². The second kappa shape index (κ2) is 12.2. The standard InChI is InChI=1S/C34H38N4O3S/c1-22-17-38(16-14-27(22)34(39)40)32-10-6-8-30(36-32)29-7-4-5-9-31(29)41-20-26-12-11-25-18-37(15-13-28(25)24(26)3)19-33-35-23(2)21-42-33/h4-12,21-22,27H,13-20H2,1-3H3,(H,39,40)/t22-,27-/m0/s1. The fourth-order valence-corrected chi connectivity index (χ4v) is 7.15. The third kappa shape index (κ3) is 6.05. The van der Waals surface area contributed by atoms with E-state index in [1.165, 1.54) is 27.3 Å². The maximum absolute atomic E-state index is 11.6. The Balaban J connectivity index is 1.15. The number of aliphatic carboxylic acids is 1. The van der Waals surface area contributed by atoms with Gasteiger partial charge in [0.15, 0.2) is 0 Å². The number of benzene rings is 2. The molecule has 8 heteroatoms. The number of ether oxygens (including phenoxy) is 1. The molecule has 1 N–H and O–H groups in total. The summed E-state index contributed by atoms with van der Waals surface area (Å²) in [5, 5.41) is 12.8. The number of carbonyl (C=O) groups is 1. The lowest BCUT2D eigenvalue weighted by molar-refractivity contribution is -0.144. The summed E-state index contributed by atoms with van der Waals surface area (Å²) in [5.41, 5.74) is 8.30. The number of hydrogen-bond donors (Lipinski definition) is 1. The molecule has 4 aromatic rings. The molecule has 0 radical (unpaired) electrons. The van der Waals surface area contributed by atoms with Crippen LogP contribution in [0.1, 0.15) is 46.3 Å². The normalized spacial score (nSPS) is 19.0. The highest BCUT2D eigenvalue weighted by Gasteiger charge is 2.31. The van der Waals surface area contributed by atoms with Gasteiger partial charge in [0, 0.05) is 42.8 Å². The molecular formula is C34H38N4O3S. The molecule has 1 fully saturated rings. The average molecular weight is 583 g/mol. The third-order valence-corrected chi connectivity index (χ3v) is 9.68. The monoisotopic (exact) mass is 582 g/mol. The molecule has 0 saturated carbocycles. The van der Waals surface area contributed by atoms with E-state index >= 15 is 0 Å². The summed E-state index contributed by atoms with van der Waals surface area (Å²) in [4.78, 5) is 25.9. The molecule has 2 atom stereocenters. The maximum atomic E-state index is 11.6. The Bertz CT molecular complexity index is 1580. The average Bonchev–Trinajstić information content (AvgIpc) is 3.41. The second-order valence-electron chi connectivity index (χ2n) is 11.7. The topological polar surface area (TPSA) is 78.8 Å². The number of thiazole rings is 1. The Morgan fingerprint density at radius 3 is 2.71 bits per heavy atom. The number of carboxylic acids is 1. The van der Waals surface area contributed by atoms with Gasteiger partial charge in [0.2, 0.25) is 0 Å². The number of anilines is 1. The summed E-state index contributed by atoms with van der Waals surface area (Å²) in [5.74, 6) is 0.762. The van der Waals surface area contributed by atoms with E-state index < -0.39 is 5.97 Å². The van der Waals surface area contributed by atoms with Gasteiger partial charge in [-0.15, -0.1) is 11.3 Å². The highest BCUT2D eigenvalue weighted by atomic mass is 32.1. The summed E-state index contributed by atoms with van der Waals surface area (Å²) >= 11 is 1.75. The van der Waals surface area contributed by atoms with E-state index in [9.17, 15) is 9.90 Å². The fourth-order valence-electron chi connectivity index (χ4n) is 6.33. The zero-order valence-corrected chi connectivity index (χ0v) is 25.4. The smallest absolute Gasteiger partial charge is 0.306 e. The summed E-state index contributed by atoms with van der Waals surface area (Å²) in [6.45, 7) is 11.1. The highest BCUT2D eigenvalue weighted by molar-refractivity contribution is 7.09. The van der Waals surface area contributed by atoms with Crippen molar-refractivity contribution in [1.82, 2.24) is 14.9 Å². The molecule has 42 heavy (non-hydrogen) atoms. The van der Waals surface area contributed by atoms with Crippen LogP contribution in [0.25, 0.3) is 11.3 Å². The number of piperidine rings is 1. The molecular weight excluding hydrogens is 544 g/mol. The van der Waals surface area contributed by atoms with Crippen LogP contribution in [0.15, 0.2) is 60.0 Å². The van der Waals surface area contributed by atoms with Crippen LogP contribution in [0.3, 0.4) is 0 Å². The summed E-state index contributed by atoms with van der Waals surface area (Å²) < 4.78 is 6.46. The fraction of sp³-hybridized carbons (Fsp3) is 0.382. The summed E-state index contributed by atoms with van der Waals surface area (Å²) in [7, 11) is 0. The minimum absolute atomic E-state index is 0.0718. The van der Waals surface area contributed by atoms with E-state index in [1.807, 2.05) is 43.3 Å². The van der Waals surface area contributed by atoms with Gasteiger partial charge in [0.25, 0.3) is 0 Å². The molecule has 2 aliphatic rings. The summed E-state index contributed by atoms with van der Waals surface area (Å²) in [6.07, 6.45) is 1.67. The van der Waals surface area contributed by atoms with Crippen molar-refractivity contribution < 1.29 is 14.6 Å². The number of aryl methyl sites for hydroxylation is 1. The van der Waals surface area contributed by atoms with Gasteiger partial charge < -0.3 is 14.7 Å². The predicted molar refractivity (Wildman–Crippen MR) is 167 cm³/mol. The van der Waals surface area contributed by atoms with E-state index in [0.717, 1.165) is 54.6 Å². The van der Waals surface area contributed by atoms with Crippen LogP contribution >= 0.6 is 11.3 Å². The van der Waals surface area contributed by atoms with Crippen LogP contribution in [0.4, 0.5) is 5.82 Å². The van der Waals surface area contributed by atoms with Gasteiger partial charge >= 0.3 is 5.97 Å². The van der Waals surface area contributed by atoms with Crippen molar-refractivity contribution >= 4 is 23.1 Å². The number of nitrogens with zero attached hydrogens (tertiary/aromatic N) is 4. The lowest BCUT2D eigenvalue weighted by Crippen LogP contribution is -2.42. The van der Waals surface area contributed by atoms with Crippen molar-refractivity contribution in [3.8, 4) is 17.0 Å². The van der Waals surface area contributed by atoms with Gasteiger partial charge in [-0.2, -0.15) is 0 Å². The molecule has 1 saturated heterocycles. The number of para-hydroxylation sites is 1. The Morgan fingerprint density at radius 2 is 1.93 bits per heavy atom. The number of fused-ring (bicyclic) bond motifs is 1. The van der Waals surface area contributed by atoms with Crippen LogP contribution in [-0.4, -0.2) is 45.6 Å². The first-order chi connectivity index (χ1) is 20.4. The first kappa shape index (κ1) is 28.4. The highest BCUT2D eigenvalue weighted by Crippen LogP contribution is 2.33. The minimum atomic E-state index is -0.701. The van der Waals surface area contributed by atoms with Gasteiger partial charge in [0.1, 0.15) is 23.2 Å². The van der Waals surface area contributed by atoms with Crippen molar-refractivity contribution in [3.63, 3.8) is 0 Å². The molecule has 4 heterocycles. The van der Waals surface area contributed by atoms with Gasteiger partial charge in [-0.05, 0) is 79.1 Å². The van der Waals surface area contributed by atoms with Crippen LogP contribution < -0.4 is 9.64 Å². The van der Waals surface area contributed by atoms with E-state index in [0.29, 0.717) is 26.1 Å². The maximum Gasteiger partial charge on any atom is 0.306 e. The van der Waals surface area contributed by atoms with Crippen molar-refractivity contribution in [3.05, 3.63) is 92.9 Å². The SMILES string of the molecule is Cc1csc(CN2CCc3c(ccc(COc4ccccc4-c4cccc(N5CC[C@H](C(=O)O)[C@@H](C)C5)n4)c3C)C2)n1. The van der Waals surface area contributed by atoms with Crippen molar-refractivity contribution in [2.45, 2.75) is 53.3 Å². The molecule has 6 rings (SSSR count). The first-order valence-corrected chi connectivity index (χ1v) is 15.6. The number of carboxylic acid groups (broad SMARTS) is 1. The molecule has 0 spiro atoms. The van der Waals surface area contributed by atoms with Crippen LogP contribution in [-0.2, 0) is 30.9 Å². The molecule has 0 bridgehead atoms. The summed E-state index contributed by atoms with van der Waals surface area (Å²) in [6, 6.07) is 18.6. The number of pyridine rings is 1. The van der Waals surface area contributed by atoms with Crippen molar-refractivity contribution in [1.29, 1.82) is 0 Å². The molecule has 7 nitrogen and oxygen atoms in total. The van der Waals surface area contributed by atoms with E-state index in [-0.39, 0.29) is 11.8 Å². The van der Waals surface area contributed by atoms with E-state index in [2.05, 4.69) is 52.2 Å². The molecule has 218 valence electrons. The van der Waals surface area contributed by atoms with Crippen LogP contribution in [0, 0.1) is 25.7 Å². The third-order valence-electron chi connectivity index (χ3n) is 8.73. The molecule has 2 aliphatic heterocycles. The second-order valence-corrected chi connectivity index (χ2v) is 12.6. The van der Waals surface area contributed by atoms with Gasteiger partial charge in [0.05, 0.1) is 18.2 Å². The molecule has 2 aromatic heterocycles. The van der Waals surface area contributed by atoms with Crippen molar-refractivity contribution in [2.75, 3.05) is 24.5 Å². The zero-order chi connectivity index (χ0) is 29.2. The van der Waals surface area contributed by atoms with Crippen LogP contribution in [0.2, 0.25) is 0 Å².